The van der Waals surface area contributed by atoms with E-state index in [-0.39, 0.29) is 17.0 Å². The number of rotatable bonds is 7. The lowest BCUT2D eigenvalue weighted by atomic mass is 10.2. The van der Waals surface area contributed by atoms with Gasteiger partial charge in [-0.3, -0.25) is 9.20 Å². The molecule has 1 N–H and O–H groups in total. The van der Waals surface area contributed by atoms with Crippen LogP contribution in [0.25, 0.3) is 5.65 Å². The molecule has 0 aliphatic rings. The number of nitrogens with zero attached hydrogens (tertiary/aromatic N) is 3. The van der Waals surface area contributed by atoms with Gasteiger partial charge in [-0.15, -0.1) is 0 Å². The highest BCUT2D eigenvalue weighted by atomic mass is 19.3. The van der Waals surface area contributed by atoms with Crippen molar-refractivity contribution < 1.29 is 31.8 Å². The molecule has 1 aromatic carbocycles. The number of alkyl halides is 4. The molecule has 0 radical (unpaired) electrons. The van der Waals surface area contributed by atoms with Crippen molar-refractivity contribution in [1.82, 2.24) is 14.8 Å². The largest absolute Gasteiger partial charge is 0.435 e. The Morgan fingerprint density at radius 3 is 2.66 bits per heavy atom. The Bertz CT molecular complexity index is 1050. The van der Waals surface area contributed by atoms with E-state index in [1.165, 1.54) is 6.07 Å². The van der Waals surface area contributed by atoms with Crippen molar-refractivity contribution in [2.45, 2.75) is 20.1 Å². The number of ether oxygens (including phenoxy) is 2. The summed E-state index contributed by atoms with van der Waals surface area (Å²) in [6.45, 7) is -4.66. The Labute approximate surface area is 161 Å². The van der Waals surface area contributed by atoms with Gasteiger partial charge in [0.2, 0.25) is 0 Å². The zero-order valence-corrected chi connectivity index (χ0v) is 14.9. The molecular formula is C18H14F4N4O3. The Morgan fingerprint density at radius 2 is 1.93 bits per heavy atom. The molecule has 0 aliphatic heterocycles. The van der Waals surface area contributed by atoms with Crippen molar-refractivity contribution in [2.75, 3.05) is 0 Å². The maximum Gasteiger partial charge on any atom is 0.387 e. The number of nitrogens with one attached hydrogen (secondary N) is 1. The van der Waals surface area contributed by atoms with Gasteiger partial charge in [-0.2, -0.15) is 22.7 Å². The number of hydrogen-bond donors (Lipinski definition) is 1. The summed E-state index contributed by atoms with van der Waals surface area (Å²) < 4.78 is 59.8. The van der Waals surface area contributed by atoms with Gasteiger partial charge in [0.1, 0.15) is 22.8 Å². The zero-order chi connectivity index (χ0) is 21.0. The summed E-state index contributed by atoms with van der Waals surface area (Å²) in [5, 5.41) is 3.72. The summed E-state index contributed by atoms with van der Waals surface area (Å²) in [6.07, 6.45) is 2.70. The molecule has 0 unspecified atom stereocenters. The number of amides is 1. The first-order valence-electron chi connectivity index (χ1n) is 8.16. The van der Waals surface area contributed by atoms with Crippen molar-refractivity contribution in [3.8, 4) is 11.5 Å². The fraction of sp³-hybridized carbons (Fsp3) is 0.167. The van der Waals surface area contributed by atoms with Gasteiger partial charge in [0.15, 0.2) is 0 Å². The number of halogens is 4. The molecule has 152 valence electrons. The van der Waals surface area contributed by atoms with Crippen LogP contribution in [-0.2, 0) is 0 Å². The fourth-order valence-corrected chi connectivity index (χ4v) is 2.60. The van der Waals surface area contributed by atoms with Crippen molar-refractivity contribution >= 4 is 17.8 Å². The molecule has 0 fully saturated rings. The number of benzene rings is 1. The van der Waals surface area contributed by atoms with Gasteiger partial charge in [0, 0.05) is 17.8 Å². The summed E-state index contributed by atoms with van der Waals surface area (Å²) in [5.74, 6) is -1.38. The van der Waals surface area contributed by atoms with E-state index >= 15 is 0 Å². The van der Waals surface area contributed by atoms with Crippen molar-refractivity contribution in [1.29, 1.82) is 0 Å². The minimum atomic E-state index is -3.20. The highest BCUT2D eigenvalue weighted by Gasteiger charge is 2.16. The molecular weight excluding hydrogens is 396 g/mol. The number of aromatic nitrogens is 2. The van der Waals surface area contributed by atoms with Gasteiger partial charge in [-0.25, -0.2) is 10.4 Å². The number of hydrazone groups is 1. The second kappa shape index (κ2) is 8.59. The maximum atomic E-state index is 12.6. The number of hydrogen-bond acceptors (Lipinski definition) is 5. The number of pyridine rings is 1. The molecule has 3 aromatic rings. The predicted molar refractivity (Wildman–Crippen MR) is 94.7 cm³/mol. The molecule has 1 amide bonds. The van der Waals surface area contributed by atoms with Gasteiger partial charge >= 0.3 is 13.2 Å². The van der Waals surface area contributed by atoms with Crippen LogP contribution >= 0.6 is 0 Å². The van der Waals surface area contributed by atoms with Crippen LogP contribution in [0.5, 0.6) is 11.5 Å². The Morgan fingerprint density at radius 1 is 1.17 bits per heavy atom. The smallest absolute Gasteiger partial charge is 0.387 e. The Hall–Kier alpha value is -3.63. The number of carbonyl (C=O) groups is 1. The molecule has 0 saturated heterocycles. The minimum absolute atomic E-state index is 0.0158. The van der Waals surface area contributed by atoms with Crippen LogP contribution in [0.2, 0.25) is 0 Å². The molecule has 29 heavy (non-hydrogen) atoms. The van der Waals surface area contributed by atoms with Gasteiger partial charge in [0.05, 0.1) is 11.9 Å². The second-order valence-electron chi connectivity index (χ2n) is 5.63. The van der Waals surface area contributed by atoms with Gasteiger partial charge in [-0.1, -0.05) is 6.07 Å². The average Bonchev–Trinajstić information content (AvgIpc) is 2.98. The van der Waals surface area contributed by atoms with E-state index in [2.05, 4.69) is 25.0 Å². The Balaban J connectivity index is 1.80. The van der Waals surface area contributed by atoms with Crippen LogP contribution in [0.1, 0.15) is 21.7 Å². The summed E-state index contributed by atoms with van der Waals surface area (Å²) in [4.78, 5) is 16.7. The summed E-state index contributed by atoms with van der Waals surface area (Å²) >= 11 is 0. The summed E-state index contributed by atoms with van der Waals surface area (Å²) in [5.41, 5.74) is 3.58. The lowest BCUT2D eigenvalue weighted by molar-refractivity contribution is -0.0543. The highest BCUT2D eigenvalue weighted by molar-refractivity contribution is 5.95. The quantitative estimate of drug-likeness (QED) is 0.367. The molecule has 0 spiro atoms. The van der Waals surface area contributed by atoms with E-state index in [0.717, 1.165) is 18.3 Å². The van der Waals surface area contributed by atoms with E-state index in [4.69, 9.17) is 0 Å². The average molecular weight is 410 g/mol. The Kier molecular flexibility index (Phi) is 5.96. The fourth-order valence-electron chi connectivity index (χ4n) is 2.60. The monoisotopic (exact) mass is 410 g/mol. The maximum absolute atomic E-state index is 12.6. The predicted octanol–water partition coefficient (Wildman–Crippen LogP) is 3.61. The van der Waals surface area contributed by atoms with Crippen molar-refractivity contribution in [2.24, 2.45) is 5.10 Å². The van der Waals surface area contributed by atoms with E-state index < -0.39 is 24.9 Å². The molecule has 0 aliphatic carbocycles. The van der Waals surface area contributed by atoms with E-state index in [0.29, 0.717) is 11.3 Å². The van der Waals surface area contributed by atoms with E-state index in [1.807, 2.05) is 0 Å². The number of imidazole rings is 1. The van der Waals surface area contributed by atoms with Gasteiger partial charge < -0.3 is 9.47 Å². The first-order valence-corrected chi connectivity index (χ1v) is 8.16. The third-order valence-corrected chi connectivity index (χ3v) is 3.72. The van der Waals surface area contributed by atoms with Crippen LogP contribution in [-0.4, -0.2) is 34.7 Å². The minimum Gasteiger partial charge on any atom is -0.435 e. The van der Waals surface area contributed by atoms with Crippen LogP contribution in [0.15, 0.2) is 47.7 Å². The molecule has 3 rings (SSSR count). The number of carbonyl (C=O) groups excluding carboxylic acids is 1. The molecule has 0 atom stereocenters. The molecule has 2 aromatic heterocycles. The topological polar surface area (TPSA) is 77.2 Å². The van der Waals surface area contributed by atoms with Crippen LogP contribution in [0, 0.1) is 6.92 Å². The van der Waals surface area contributed by atoms with E-state index in [9.17, 15) is 22.4 Å². The lowest BCUT2D eigenvalue weighted by Gasteiger charge is -2.10. The third-order valence-electron chi connectivity index (χ3n) is 3.72. The second-order valence-corrected chi connectivity index (χ2v) is 5.63. The number of fused-ring (bicyclic) bond motifs is 1. The van der Waals surface area contributed by atoms with Crippen LogP contribution < -0.4 is 14.9 Å². The number of aryl methyl sites for hydroxylation is 1. The standard InChI is InChI=1S/C18H14F4N4O3/c1-10-15(26-7-3-2-4-14(26)24-10)16(27)25-23-9-11-5-6-12(28-17(19)20)8-13(11)29-18(21)22/h2-9,17-18H,1H3,(H,25,27)/b23-9+. The highest BCUT2D eigenvalue weighted by Crippen LogP contribution is 2.26. The third kappa shape index (κ3) is 4.81. The van der Waals surface area contributed by atoms with Gasteiger partial charge in [-0.05, 0) is 31.2 Å². The van der Waals surface area contributed by atoms with Crippen molar-refractivity contribution in [3.63, 3.8) is 0 Å². The first-order chi connectivity index (χ1) is 13.8. The normalized spacial score (nSPS) is 11.6. The molecule has 2 heterocycles. The lowest BCUT2D eigenvalue weighted by Crippen LogP contribution is -2.20. The molecule has 11 heteroatoms. The van der Waals surface area contributed by atoms with Crippen LogP contribution in [0.4, 0.5) is 17.6 Å². The van der Waals surface area contributed by atoms with Crippen molar-refractivity contribution in [3.05, 3.63) is 59.5 Å². The SMILES string of the molecule is Cc1nc2ccccn2c1C(=O)N/N=C/c1ccc(OC(F)F)cc1OC(F)F. The zero-order valence-electron chi connectivity index (χ0n) is 14.9. The summed E-state index contributed by atoms with van der Waals surface area (Å²) in [6, 6.07) is 8.41. The molecule has 0 bridgehead atoms. The van der Waals surface area contributed by atoms with Gasteiger partial charge in [0.25, 0.3) is 5.91 Å². The summed E-state index contributed by atoms with van der Waals surface area (Å²) in [7, 11) is 0. The molecule has 7 nitrogen and oxygen atoms in total. The first kappa shape index (κ1) is 20.1. The van der Waals surface area contributed by atoms with Crippen LogP contribution in [0.3, 0.4) is 0 Å². The molecule has 0 saturated carbocycles. The van der Waals surface area contributed by atoms with E-state index in [1.54, 1.807) is 35.7 Å².